The van der Waals surface area contributed by atoms with Crippen molar-refractivity contribution in [3.63, 3.8) is 0 Å². The summed E-state index contributed by atoms with van der Waals surface area (Å²) < 4.78 is 0. The topological polar surface area (TPSA) is 35.5 Å². The van der Waals surface area contributed by atoms with Gasteiger partial charge in [-0.1, -0.05) is 5.92 Å². The van der Waals surface area contributed by atoms with E-state index in [4.69, 9.17) is 0 Å². The van der Waals surface area contributed by atoms with Crippen molar-refractivity contribution in [3.8, 4) is 11.8 Å². The minimum Gasteiger partial charge on any atom is -0.367 e. The summed E-state index contributed by atoms with van der Waals surface area (Å²) in [6.07, 6.45) is -0.568. The van der Waals surface area contributed by atoms with Crippen molar-refractivity contribution in [2.45, 2.75) is 13.2 Å². The van der Waals surface area contributed by atoms with Crippen molar-refractivity contribution in [3.05, 3.63) is 0 Å². The molecule has 1 unspecified atom stereocenters. The Morgan fingerprint density at radius 1 is 1.45 bits per heavy atom. The van der Waals surface area contributed by atoms with Gasteiger partial charge in [0.1, 0.15) is 0 Å². The van der Waals surface area contributed by atoms with Gasteiger partial charge in [0.05, 0.1) is 0 Å². The standard InChI is InChI=1S/C8H14N2O/c1-2-3-8(11)10-6-4-9-5-7-10/h8-9,11H,4-7H2,1H3. The van der Waals surface area contributed by atoms with Crippen LogP contribution in [0.4, 0.5) is 0 Å². The van der Waals surface area contributed by atoms with Crippen molar-refractivity contribution in [2.24, 2.45) is 0 Å². The Bertz CT molecular complexity index is 165. The molecule has 0 aromatic carbocycles. The molecule has 2 N–H and O–H groups in total. The molecule has 1 fully saturated rings. The molecule has 0 saturated carbocycles. The van der Waals surface area contributed by atoms with E-state index in [1.807, 2.05) is 4.90 Å². The van der Waals surface area contributed by atoms with Gasteiger partial charge in [0.2, 0.25) is 0 Å². The van der Waals surface area contributed by atoms with Gasteiger partial charge >= 0.3 is 0 Å². The van der Waals surface area contributed by atoms with Crippen LogP contribution in [-0.2, 0) is 0 Å². The third-order valence-electron chi connectivity index (χ3n) is 1.77. The first-order chi connectivity index (χ1) is 5.34. The van der Waals surface area contributed by atoms with Crippen LogP contribution >= 0.6 is 0 Å². The van der Waals surface area contributed by atoms with Gasteiger partial charge in [0.25, 0.3) is 0 Å². The highest BCUT2D eigenvalue weighted by Crippen LogP contribution is 1.96. The normalized spacial score (nSPS) is 22.0. The summed E-state index contributed by atoms with van der Waals surface area (Å²) in [6, 6.07) is 0. The molecule has 1 aliphatic heterocycles. The van der Waals surface area contributed by atoms with E-state index in [9.17, 15) is 5.11 Å². The molecule has 0 radical (unpaired) electrons. The molecule has 0 bridgehead atoms. The fraction of sp³-hybridized carbons (Fsp3) is 0.750. The number of rotatable bonds is 1. The molecule has 1 rings (SSSR count). The molecule has 1 saturated heterocycles. The Kier molecular flexibility index (Phi) is 3.37. The molecule has 0 amide bonds. The Labute approximate surface area is 67.4 Å². The molecule has 1 aliphatic rings. The molecule has 1 atom stereocenters. The van der Waals surface area contributed by atoms with Crippen LogP contribution in [-0.4, -0.2) is 42.4 Å². The third kappa shape index (κ3) is 2.51. The van der Waals surface area contributed by atoms with E-state index in [1.165, 1.54) is 0 Å². The number of piperazine rings is 1. The van der Waals surface area contributed by atoms with Gasteiger partial charge in [-0.05, 0) is 6.92 Å². The maximum Gasteiger partial charge on any atom is 0.170 e. The van der Waals surface area contributed by atoms with Crippen LogP contribution in [0, 0.1) is 11.8 Å². The highest BCUT2D eigenvalue weighted by Gasteiger charge is 2.14. The largest absolute Gasteiger partial charge is 0.367 e. The van der Waals surface area contributed by atoms with E-state index in [2.05, 4.69) is 17.2 Å². The van der Waals surface area contributed by atoms with E-state index in [0.717, 1.165) is 26.2 Å². The molecular formula is C8H14N2O. The predicted octanol–water partition coefficient (Wildman–Crippen LogP) is -0.767. The summed E-state index contributed by atoms with van der Waals surface area (Å²) >= 11 is 0. The molecule has 3 nitrogen and oxygen atoms in total. The van der Waals surface area contributed by atoms with E-state index < -0.39 is 6.23 Å². The number of hydrogen-bond acceptors (Lipinski definition) is 3. The first-order valence-corrected chi connectivity index (χ1v) is 3.89. The van der Waals surface area contributed by atoms with Crippen LogP contribution in [0.3, 0.4) is 0 Å². The van der Waals surface area contributed by atoms with Gasteiger partial charge in [-0.3, -0.25) is 4.90 Å². The van der Waals surface area contributed by atoms with Gasteiger partial charge < -0.3 is 10.4 Å². The molecule has 0 aliphatic carbocycles. The molecule has 0 aromatic rings. The fourth-order valence-electron chi connectivity index (χ4n) is 1.15. The maximum absolute atomic E-state index is 9.40. The van der Waals surface area contributed by atoms with Gasteiger partial charge in [-0.25, -0.2) is 0 Å². The van der Waals surface area contributed by atoms with Crippen LogP contribution in [0.15, 0.2) is 0 Å². The minimum atomic E-state index is -0.568. The lowest BCUT2D eigenvalue weighted by atomic mass is 10.3. The van der Waals surface area contributed by atoms with Crippen LogP contribution in [0.2, 0.25) is 0 Å². The molecule has 0 spiro atoms. The van der Waals surface area contributed by atoms with Gasteiger partial charge in [0, 0.05) is 26.2 Å². The smallest absolute Gasteiger partial charge is 0.170 e. The first-order valence-electron chi connectivity index (χ1n) is 3.89. The summed E-state index contributed by atoms with van der Waals surface area (Å²) in [5, 5.41) is 12.6. The van der Waals surface area contributed by atoms with E-state index >= 15 is 0 Å². The maximum atomic E-state index is 9.40. The van der Waals surface area contributed by atoms with Crippen LogP contribution in [0.5, 0.6) is 0 Å². The Morgan fingerprint density at radius 3 is 2.64 bits per heavy atom. The summed E-state index contributed by atoms with van der Waals surface area (Å²) in [5.74, 6) is 5.42. The second-order valence-electron chi connectivity index (χ2n) is 2.55. The van der Waals surface area contributed by atoms with Gasteiger partial charge in [0.15, 0.2) is 6.23 Å². The highest BCUT2D eigenvalue weighted by atomic mass is 16.3. The third-order valence-corrected chi connectivity index (χ3v) is 1.77. The second kappa shape index (κ2) is 4.35. The van der Waals surface area contributed by atoms with Crippen LogP contribution in [0.1, 0.15) is 6.92 Å². The minimum absolute atomic E-state index is 0.568. The zero-order chi connectivity index (χ0) is 8.10. The monoisotopic (exact) mass is 154 g/mol. The molecule has 1 heterocycles. The molecule has 62 valence electrons. The Morgan fingerprint density at radius 2 is 2.09 bits per heavy atom. The van der Waals surface area contributed by atoms with Crippen molar-refractivity contribution in [2.75, 3.05) is 26.2 Å². The van der Waals surface area contributed by atoms with E-state index in [0.29, 0.717) is 0 Å². The summed E-state index contributed by atoms with van der Waals surface area (Å²) in [7, 11) is 0. The number of hydrogen-bond donors (Lipinski definition) is 2. The van der Waals surface area contributed by atoms with E-state index in [1.54, 1.807) is 6.92 Å². The summed E-state index contributed by atoms with van der Waals surface area (Å²) in [4.78, 5) is 1.97. The number of aliphatic hydroxyl groups is 1. The average molecular weight is 154 g/mol. The highest BCUT2D eigenvalue weighted by molar-refractivity contribution is 5.01. The van der Waals surface area contributed by atoms with Crippen LogP contribution in [0.25, 0.3) is 0 Å². The zero-order valence-electron chi connectivity index (χ0n) is 6.80. The summed E-state index contributed by atoms with van der Waals surface area (Å²) in [5.41, 5.74) is 0. The van der Waals surface area contributed by atoms with E-state index in [-0.39, 0.29) is 0 Å². The lowest BCUT2D eigenvalue weighted by Crippen LogP contribution is -2.47. The zero-order valence-corrected chi connectivity index (χ0v) is 6.80. The molecular weight excluding hydrogens is 140 g/mol. The second-order valence-corrected chi connectivity index (χ2v) is 2.55. The number of aliphatic hydroxyl groups excluding tert-OH is 1. The lowest BCUT2D eigenvalue weighted by Gasteiger charge is -2.28. The van der Waals surface area contributed by atoms with Gasteiger partial charge in [-0.15, -0.1) is 5.92 Å². The molecule has 11 heavy (non-hydrogen) atoms. The van der Waals surface area contributed by atoms with Crippen LogP contribution < -0.4 is 5.32 Å². The first kappa shape index (κ1) is 8.54. The molecule has 3 heteroatoms. The SMILES string of the molecule is CC#CC(O)N1CCNCC1. The quantitative estimate of drug-likeness (QED) is 0.487. The predicted molar refractivity (Wildman–Crippen MR) is 43.9 cm³/mol. The van der Waals surface area contributed by atoms with Crippen molar-refractivity contribution >= 4 is 0 Å². The molecule has 0 aromatic heterocycles. The summed E-state index contributed by atoms with van der Waals surface area (Å²) in [6.45, 7) is 5.40. The fourth-order valence-corrected chi connectivity index (χ4v) is 1.15. The average Bonchev–Trinajstić information content (AvgIpc) is 2.07. The lowest BCUT2D eigenvalue weighted by molar-refractivity contribution is 0.0405. The van der Waals surface area contributed by atoms with Crippen molar-refractivity contribution in [1.29, 1.82) is 0 Å². The number of nitrogens with zero attached hydrogens (tertiary/aromatic N) is 1. The Hall–Kier alpha value is -0.560. The van der Waals surface area contributed by atoms with Crippen molar-refractivity contribution < 1.29 is 5.11 Å². The number of nitrogens with one attached hydrogen (secondary N) is 1. The van der Waals surface area contributed by atoms with Gasteiger partial charge in [-0.2, -0.15) is 0 Å². The van der Waals surface area contributed by atoms with Crippen molar-refractivity contribution in [1.82, 2.24) is 10.2 Å². The Balaban J connectivity index is 2.36.